The summed E-state index contributed by atoms with van der Waals surface area (Å²) in [5.74, 6) is 0.601. The average molecular weight is 654 g/mol. The van der Waals surface area contributed by atoms with Crippen molar-refractivity contribution in [1.82, 2.24) is 14.5 Å². The van der Waals surface area contributed by atoms with Gasteiger partial charge in [0.1, 0.15) is 22.3 Å². The summed E-state index contributed by atoms with van der Waals surface area (Å²) < 4.78 is 14.7. The van der Waals surface area contributed by atoms with Crippen molar-refractivity contribution in [3.8, 4) is 39.6 Å². The lowest BCUT2D eigenvalue weighted by Gasteiger charge is -2.13. The first-order chi connectivity index (χ1) is 25.3. The maximum atomic E-state index is 6.31. The van der Waals surface area contributed by atoms with Crippen LogP contribution in [0.1, 0.15) is 0 Å². The summed E-state index contributed by atoms with van der Waals surface area (Å²) in [5, 5.41) is 6.66. The summed E-state index contributed by atoms with van der Waals surface area (Å²) >= 11 is 0. The molecule has 0 aliphatic carbocycles. The first-order valence-electron chi connectivity index (χ1n) is 17.1. The van der Waals surface area contributed by atoms with E-state index in [0.717, 1.165) is 99.3 Å². The lowest BCUT2D eigenvalue weighted by Crippen LogP contribution is -2.04. The summed E-state index contributed by atoms with van der Waals surface area (Å²) in [6, 6.07) is 56.6. The first kappa shape index (κ1) is 27.9. The van der Waals surface area contributed by atoms with Crippen molar-refractivity contribution in [3.63, 3.8) is 0 Å². The zero-order valence-electron chi connectivity index (χ0n) is 27.2. The van der Waals surface area contributed by atoms with E-state index in [-0.39, 0.29) is 0 Å². The van der Waals surface area contributed by atoms with Crippen molar-refractivity contribution >= 4 is 65.7 Å². The Morgan fingerprint density at radius 1 is 0.373 bits per heavy atom. The third-order valence-electron chi connectivity index (χ3n) is 10.0. The number of nitrogens with zero attached hydrogens (tertiary/aromatic N) is 3. The van der Waals surface area contributed by atoms with E-state index in [2.05, 4.69) is 120 Å². The molecule has 7 aromatic carbocycles. The van der Waals surface area contributed by atoms with Crippen LogP contribution < -0.4 is 0 Å². The van der Waals surface area contributed by atoms with E-state index in [0.29, 0.717) is 5.95 Å². The molecule has 0 atom stereocenters. The molecule has 0 unspecified atom stereocenters. The molecule has 0 radical (unpaired) electrons. The SMILES string of the molecule is c1ccc(-c2cc(-c3ccc4c(c3)oc3ccccc34)nc(-n3c4ccccc4c4cccc(-c5ccc6oc7ccccc7c6c5)c43)n2)cc1. The Kier molecular flexibility index (Phi) is 5.89. The maximum Gasteiger partial charge on any atom is 0.235 e. The number of hydrogen-bond donors (Lipinski definition) is 0. The third-order valence-corrected chi connectivity index (χ3v) is 10.0. The number of rotatable bonds is 4. The van der Waals surface area contributed by atoms with Crippen LogP contribution in [-0.2, 0) is 0 Å². The van der Waals surface area contributed by atoms with Crippen molar-refractivity contribution in [2.24, 2.45) is 0 Å². The Bertz CT molecular complexity index is 3150. The van der Waals surface area contributed by atoms with Gasteiger partial charge in [0.15, 0.2) is 0 Å². The smallest absolute Gasteiger partial charge is 0.235 e. The molecule has 0 spiro atoms. The van der Waals surface area contributed by atoms with Gasteiger partial charge in [0.25, 0.3) is 0 Å². The highest BCUT2D eigenvalue weighted by molar-refractivity contribution is 6.15. The zero-order chi connectivity index (χ0) is 33.5. The maximum absolute atomic E-state index is 6.31. The zero-order valence-corrected chi connectivity index (χ0v) is 27.2. The number of benzene rings is 7. The molecule has 0 aliphatic heterocycles. The van der Waals surface area contributed by atoms with Gasteiger partial charge in [-0.25, -0.2) is 9.97 Å². The van der Waals surface area contributed by atoms with Crippen molar-refractivity contribution in [3.05, 3.63) is 164 Å². The lowest BCUT2D eigenvalue weighted by molar-refractivity contribution is 0.668. The first-order valence-corrected chi connectivity index (χ1v) is 17.1. The molecule has 238 valence electrons. The largest absolute Gasteiger partial charge is 0.456 e. The van der Waals surface area contributed by atoms with Crippen LogP contribution >= 0.6 is 0 Å². The summed E-state index contributed by atoms with van der Waals surface area (Å²) in [6.45, 7) is 0. The predicted molar refractivity (Wildman–Crippen MR) is 207 cm³/mol. The Hall–Kier alpha value is -6.98. The molecule has 0 bridgehead atoms. The highest BCUT2D eigenvalue weighted by Crippen LogP contribution is 2.40. The quantitative estimate of drug-likeness (QED) is 0.190. The molecule has 11 aromatic rings. The minimum Gasteiger partial charge on any atom is -0.456 e. The van der Waals surface area contributed by atoms with Crippen LogP contribution in [-0.4, -0.2) is 14.5 Å². The molecule has 5 nitrogen and oxygen atoms in total. The Balaban J connectivity index is 1.19. The van der Waals surface area contributed by atoms with Crippen LogP contribution in [0.15, 0.2) is 173 Å². The molecule has 4 aromatic heterocycles. The summed E-state index contributed by atoms with van der Waals surface area (Å²) in [7, 11) is 0. The molecule has 0 amide bonds. The molecule has 0 saturated heterocycles. The fraction of sp³-hybridized carbons (Fsp3) is 0. The lowest BCUT2D eigenvalue weighted by atomic mass is 10.00. The van der Waals surface area contributed by atoms with Crippen molar-refractivity contribution in [2.75, 3.05) is 0 Å². The molecule has 51 heavy (non-hydrogen) atoms. The normalized spacial score (nSPS) is 11.9. The van der Waals surface area contributed by atoms with Gasteiger partial charge in [0.05, 0.1) is 22.4 Å². The predicted octanol–water partition coefficient (Wildman–Crippen LogP) is 12.4. The fourth-order valence-electron chi connectivity index (χ4n) is 7.68. The van der Waals surface area contributed by atoms with E-state index in [1.807, 2.05) is 48.5 Å². The summed E-state index contributed by atoms with van der Waals surface area (Å²) in [5.41, 5.74) is 11.4. The number of fused-ring (bicyclic) bond motifs is 9. The number of furan rings is 2. The highest BCUT2D eigenvalue weighted by Gasteiger charge is 2.21. The van der Waals surface area contributed by atoms with Gasteiger partial charge >= 0.3 is 0 Å². The van der Waals surface area contributed by atoms with Gasteiger partial charge in [-0.1, -0.05) is 115 Å². The van der Waals surface area contributed by atoms with Gasteiger partial charge in [-0.05, 0) is 54.1 Å². The monoisotopic (exact) mass is 653 g/mol. The van der Waals surface area contributed by atoms with Crippen LogP contribution in [0.25, 0.3) is 105 Å². The van der Waals surface area contributed by atoms with Crippen molar-refractivity contribution in [2.45, 2.75) is 0 Å². The molecule has 0 N–H and O–H groups in total. The van der Waals surface area contributed by atoms with E-state index in [9.17, 15) is 0 Å². The fourth-order valence-corrected chi connectivity index (χ4v) is 7.68. The second-order valence-corrected chi connectivity index (χ2v) is 13.0. The van der Waals surface area contributed by atoms with Crippen LogP contribution in [0, 0.1) is 0 Å². The van der Waals surface area contributed by atoms with Gasteiger partial charge in [0.2, 0.25) is 5.95 Å². The molecular weight excluding hydrogens is 627 g/mol. The van der Waals surface area contributed by atoms with Crippen LogP contribution in [0.2, 0.25) is 0 Å². The van der Waals surface area contributed by atoms with Gasteiger partial charge in [-0.3, -0.25) is 4.57 Å². The van der Waals surface area contributed by atoms with E-state index in [1.165, 1.54) is 0 Å². The second-order valence-electron chi connectivity index (χ2n) is 13.0. The van der Waals surface area contributed by atoms with E-state index in [4.69, 9.17) is 18.8 Å². The summed E-state index contributed by atoms with van der Waals surface area (Å²) in [6.07, 6.45) is 0. The topological polar surface area (TPSA) is 57.0 Å². The van der Waals surface area contributed by atoms with Crippen molar-refractivity contribution in [1.29, 1.82) is 0 Å². The minimum absolute atomic E-state index is 0.601. The average Bonchev–Trinajstić information content (AvgIpc) is 3.87. The molecule has 0 fully saturated rings. The number of aromatic nitrogens is 3. The minimum atomic E-state index is 0.601. The van der Waals surface area contributed by atoms with Gasteiger partial charge < -0.3 is 8.83 Å². The number of hydrogen-bond acceptors (Lipinski definition) is 4. The van der Waals surface area contributed by atoms with Gasteiger partial charge in [-0.2, -0.15) is 0 Å². The highest BCUT2D eigenvalue weighted by atomic mass is 16.3. The Morgan fingerprint density at radius 2 is 0.980 bits per heavy atom. The number of para-hydroxylation sites is 4. The molecular formula is C46H27N3O2. The van der Waals surface area contributed by atoms with Gasteiger partial charge in [0, 0.05) is 49.0 Å². The van der Waals surface area contributed by atoms with Crippen LogP contribution in [0.5, 0.6) is 0 Å². The summed E-state index contributed by atoms with van der Waals surface area (Å²) in [4.78, 5) is 10.6. The standard InChI is InChI=1S/C46H27N3O2/c1-2-11-28(12-3-1)38-27-39(30-21-23-35-33-14-5-8-19-41(33)51-44(35)26-30)48-46(47-38)49-40-18-7-4-13-32(40)36-17-10-16-31(45(36)49)29-22-24-43-37(25-29)34-15-6-9-20-42(34)50-43/h1-27H. The molecule has 0 aliphatic rings. The Labute approximate surface area is 291 Å². The van der Waals surface area contributed by atoms with E-state index < -0.39 is 0 Å². The molecule has 4 heterocycles. The van der Waals surface area contributed by atoms with Gasteiger partial charge in [-0.15, -0.1) is 0 Å². The second kappa shape index (κ2) is 10.8. The molecule has 5 heteroatoms. The van der Waals surface area contributed by atoms with Crippen LogP contribution in [0.4, 0.5) is 0 Å². The van der Waals surface area contributed by atoms with E-state index in [1.54, 1.807) is 0 Å². The van der Waals surface area contributed by atoms with Crippen molar-refractivity contribution < 1.29 is 8.83 Å². The third kappa shape index (κ3) is 4.28. The molecule has 0 saturated carbocycles. The van der Waals surface area contributed by atoms with E-state index >= 15 is 0 Å². The molecule has 11 rings (SSSR count). The van der Waals surface area contributed by atoms with Crippen LogP contribution in [0.3, 0.4) is 0 Å². The Morgan fingerprint density at radius 3 is 1.80 bits per heavy atom.